The molecule has 1 atom stereocenters. The molecule has 2 amide bonds. The van der Waals surface area contributed by atoms with Crippen LogP contribution in [-0.2, 0) is 11.0 Å². The predicted molar refractivity (Wildman–Crippen MR) is 150 cm³/mol. The third-order valence-corrected chi connectivity index (χ3v) is 7.47. The molecule has 238 valence electrons. The number of aromatic carboxylic acids is 2. The lowest BCUT2D eigenvalue weighted by molar-refractivity contribution is -0.143. The molecule has 4 N–H and O–H groups in total. The summed E-state index contributed by atoms with van der Waals surface area (Å²) in [6.45, 7) is 0. The van der Waals surface area contributed by atoms with Crippen LogP contribution in [0.3, 0.4) is 0 Å². The van der Waals surface area contributed by atoms with E-state index < -0.39 is 75.3 Å². The molecule has 0 bridgehead atoms. The smallest absolute Gasteiger partial charge is 0.422 e. The summed E-state index contributed by atoms with van der Waals surface area (Å²) in [4.78, 5) is 49.2. The van der Waals surface area contributed by atoms with E-state index >= 15 is 0 Å². The van der Waals surface area contributed by atoms with E-state index in [-0.39, 0.29) is 27.3 Å². The van der Waals surface area contributed by atoms with Gasteiger partial charge in [0.1, 0.15) is 16.5 Å². The molecule has 16 heteroatoms. The van der Waals surface area contributed by atoms with Crippen molar-refractivity contribution >= 4 is 46.9 Å². The molecule has 0 saturated carbocycles. The summed E-state index contributed by atoms with van der Waals surface area (Å²) < 4.78 is 96.4. The van der Waals surface area contributed by atoms with Gasteiger partial charge in [0, 0.05) is 10.6 Å². The van der Waals surface area contributed by atoms with Crippen LogP contribution < -0.4 is 10.6 Å². The molecular formula is C30H17F7N2O6S. The minimum Gasteiger partial charge on any atom is -0.478 e. The van der Waals surface area contributed by atoms with Crippen LogP contribution >= 0.6 is 11.8 Å². The molecule has 0 aromatic heterocycles. The lowest BCUT2D eigenvalue weighted by Crippen LogP contribution is -2.23. The van der Waals surface area contributed by atoms with Gasteiger partial charge in [-0.2, -0.15) is 13.2 Å². The van der Waals surface area contributed by atoms with Crippen molar-refractivity contribution in [2.24, 2.45) is 0 Å². The van der Waals surface area contributed by atoms with Crippen LogP contribution in [0.2, 0.25) is 0 Å². The van der Waals surface area contributed by atoms with Gasteiger partial charge < -0.3 is 20.8 Å². The third-order valence-electron chi connectivity index (χ3n) is 6.22. The SMILES string of the molecule is O=C(O)c1ccc(C(=O)Nc2cccc(SC(C(=O)Nc3c(F)c(F)c(C(F)(F)F)c(F)c3F)c3ccccc3)c2)c(C(=O)O)c1. The second-order valence-electron chi connectivity index (χ2n) is 9.25. The van der Waals surface area contributed by atoms with Crippen LogP contribution in [0.5, 0.6) is 0 Å². The molecule has 46 heavy (non-hydrogen) atoms. The van der Waals surface area contributed by atoms with E-state index in [1.54, 1.807) is 11.4 Å². The number of hydrogen-bond donors (Lipinski definition) is 4. The summed E-state index contributed by atoms with van der Waals surface area (Å²) in [5, 5.41) is 21.2. The molecule has 4 aromatic carbocycles. The first-order valence-corrected chi connectivity index (χ1v) is 13.5. The fraction of sp³-hybridized carbons (Fsp3) is 0.0667. The maximum Gasteiger partial charge on any atom is 0.422 e. The Kier molecular flexibility index (Phi) is 9.70. The standard InChI is InChI=1S/C30H17F7N2O6S/c31-20-19(30(35,36)37)21(32)23(34)24(22(20)33)39-27(41)25(13-5-2-1-3-6-13)46-16-8-4-7-15(12-16)38-26(40)17-10-9-14(28(42)43)11-18(17)29(44)45/h1-12,25H,(H,38,40)(H,39,41)(H,42,43)(H,44,45). The molecule has 0 aliphatic heterocycles. The molecule has 0 spiro atoms. The van der Waals surface area contributed by atoms with Crippen LogP contribution in [0.1, 0.15) is 47.5 Å². The van der Waals surface area contributed by atoms with Crippen LogP contribution in [0.25, 0.3) is 0 Å². The second-order valence-corrected chi connectivity index (χ2v) is 10.4. The van der Waals surface area contributed by atoms with Crippen LogP contribution in [0, 0.1) is 23.3 Å². The van der Waals surface area contributed by atoms with Crippen molar-refractivity contribution in [1.82, 2.24) is 0 Å². The predicted octanol–water partition coefficient (Wildman–Crippen LogP) is 7.38. The van der Waals surface area contributed by atoms with Gasteiger partial charge in [-0.1, -0.05) is 36.4 Å². The highest BCUT2D eigenvalue weighted by atomic mass is 32.2. The monoisotopic (exact) mass is 666 g/mol. The lowest BCUT2D eigenvalue weighted by Gasteiger charge is -2.19. The summed E-state index contributed by atoms with van der Waals surface area (Å²) >= 11 is 0.712. The molecule has 4 aromatic rings. The molecule has 0 fully saturated rings. The van der Waals surface area contributed by atoms with Crippen molar-refractivity contribution < 1.29 is 60.1 Å². The Labute approximate surface area is 257 Å². The van der Waals surface area contributed by atoms with E-state index in [1.807, 2.05) is 0 Å². The summed E-state index contributed by atoms with van der Waals surface area (Å²) in [5.74, 6) is -15.7. The first-order chi connectivity index (χ1) is 21.6. The quantitative estimate of drug-likeness (QED) is 0.0833. The lowest BCUT2D eigenvalue weighted by atomic mass is 10.0. The van der Waals surface area contributed by atoms with Gasteiger partial charge in [0.05, 0.1) is 16.7 Å². The Hall–Kier alpha value is -5.38. The van der Waals surface area contributed by atoms with Gasteiger partial charge in [0.2, 0.25) is 5.91 Å². The van der Waals surface area contributed by atoms with E-state index in [4.69, 9.17) is 5.11 Å². The molecule has 0 aliphatic carbocycles. The molecule has 4 rings (SSSR count). The van der Waals surface area contributed by atoms with Gasteiger partial charge in [-0.15, -0.1) is 11.8 Å². The number of thioether (sulfide) groups is 1. The Morgan fingerprint density at radius 2 is 1.33 bits per heavy atom. The average Bonchev–Trinajstić information content (AvgIpc) is 3.00. The highest BCUT2D eigenvalue weighted by molar-refractivity contribution is 8.00. The first-order valence-electron chi connectivity index (χ1n) is 12.6. The molecule has 0 radical (unpaired) electrons. The Balaban J connectivity index is 1.64. The number of halogens is 7. The Morgan fingerprint density at radius 3 is 1.89 bits per heavy atom. The number of carboxylic acid groups (broad SMARTS) is 2. The second kappa shape index (κ2) is 13.3. The molecule has 1 unspecified atom stereocenters. The Morgan fingerprint density at radius 1 is 0.696 bits per heavy atom. The van der Waals surface area contributed by atoms with Gasteiger partial charge in [-0.25, -0.2) is 27.2 Å². The fourth-order valence-corrected chi connectivity index (χ4v) is 5.20. The maximum absolute atomic E-state index is 14.5. The fourth-order valence-electron chi connectivity index (χ4n) is 4.11. The number of nitrogens with one attached hydrogen (secondary N) is 2. The van der Waals surface area contributed by atoms with Gasteiger partial charge in [0.25, 0.3) is 5.91 Å². The number of alkyl halides is 3. The number of carbonyl (C=O) groups excluding carboxylic acids is 2. The van der Waals surface area contributed by atoms with Gasteiger partial charge in [0.15, 0.2) is 23.3 Å². The highest BCUT2D eigenvalue weighted by Gasteiger charge is 2.43. The summed E-state index contributed by atoms with van der Waals surface area (Å²) in [5.41, 5.74) is -5.68. The summed E-state index contributed by atoms with van der Waals surface area (Å²) in [6, 6.07) is 15.7. The number of carboxylic acids is 2. The molecule has 0 heterocycles. The van der Waals surface area contributed by atoms with E-state index in [2.05, 4.69) is 5.32 Å². The zero-order chi connectivity index (χ0) is 33.9. The topological polar surface area (TPSA) is 133 Å². The Bertz CT molecular complexity index is 1840. The van der Waals surface area contributed by atoms with E-state index in [0.717, 1.165) is 18.2 Å². The molecule has 0 aliphatic rings. The van der Waals surface area contributed by atoms with E-state index in [0.29, 0.717) is 11.8 Å². The van der Waals surface area contributed by atoms with Gasteiger partial charge in [-0.05, 0) is 42.0 Å². The number of benzene rings is 4. The van der Waals surface area contributed by atoms with E-state index in [1.165, 1.54) is 48.5 Å². The van der Waals surface area contributed by atoms with Crippen molar-refractivity contribution in [3.05, 3.63) is 124 Å². The average molecular weight is 667 g/mol. The zero-order valence-electron chi connectivity index (χ0n) is 22.6. The highest BCUT2D eigenvalue weighted by Crippen LogP contribution is 2.41. The largest absolute Gasteiger partial charge is 0.478 e. The van der Waals surface area contributed by atoms with Crippen LogP contribution in [0.4, 0.5) is 42.1 Å². The number of carbonyl (C=O) groups is 4. The summed E-state index contributed by atoms with van der Waals surface area (Å²) in [6.07, 6.45) is -5.78. The minimum absolute atomic E-state index is 0.0600. The number of rotatable bonds is 9. The number of amides is 2. The van der Waals surface area contributed by atoms with Gasteiger partial charge >= 0.3 is 18.1 Å². The van der Waals surface area contributed by atoms with Crippen molar-refractivity contribution in [2.75, 3.05) is 10.6 Å². The maximum atomic E-state index is 14.5. The third kappa shape index (κ3) is 7.12. The first kappa shape index (κ1) is 33.5. The summed E-state index contributed by atoms with van der Waals surface area (Å²) in [7, 11) is 0. The van der Waals surface area contributed by atoms with Gasteiger partial charge in [-0.3, -0.25) is 9.59 Å². The molecule has 0 saturated heterocycles. The van der Waals surface area contributed by atoms with Crippen LogP contribution in [0.15, 0.2) is 77.7 Å². The van der Waals surface area contributed by atoms with Crippen molar-refractivity contribution in [2.45, 2.75) is 16.3 Å². The van der Waals surface area contributed by atoms with Crippen LogP contribution in [-0.4, -0.2) is 34.0 Å². The van der Waals surface area contributed by atoms with E-state index in [9.17, 15) is 55.0 Å². The van der Waals surface area contributed by atoms with Crippen molar-refractivity contribution in [3.8, 4) is 0 Å². The molecule has 8 nitrogen and oxygen atoms in total. The molecular weight excluding hydrogens is 649 g/mol. The van der Waals surface area contributed by atoms with Crippen molar-refractivity contribution in [3.63, 3.8) is 0 Å². The zero-order valence-corrected chi connectivity index (χ0v) is 23.4. The number of hydrogen-bond acceptors (Lipinski definition) is 5. The number of anilines is 2. The van der Waals surface area contributed by atoms with Crippen molar-refractivity contribution in [1.29, 1.82) is 0 Å². The minimum atomic E-state index is -5.78. The normalized spacial score (nSPS) is 11.9.